The standard InChI is InChI=1S/C28H43FN4O3/c1-7-33(23-10-8-22(9-11-23)32(5)12-13-36-6)26-16-21(29)15-24(20(26)4)27(34)30-17-25-18(2)14-19(3)31-28(25)35/h14-15,21-23H,7-13,16-17H2,1-6H3,(H,30,34)(H,31,35)/t21?,22-,23-. The molecule has 2 N–H and O–H groups in total. The predicted octanol–water partition coefficient (Wildman–Crippen LogP) is 3.76. The molecule has 7 nitrogen and oxygen atoms in total. The molecule has 1 aromatic rings. The van der Waals surface area contributed by atoms with Crippen LogP contribution in [0.1, 0.15) is 62.8 Å². The zero-order valence-electron chi connectivity index (χ0n) is 22.7. The van der Waals surface area contributed by atoms with Crippen LogP contribution in [0.25, 0.3) is 0 Å². The number of methoxy groups -OCH3 is 1. The SMILES string of the molecule is CCN(C1=C(C)C(C(=O)NCc2c(C)cc(C)[nH]c2=O)=CC(F)C1)[C@H]1CC[C@H](N(C)CCOC)CC1. The molecular formula is C28H43FN4O3. The lowest BCUT2D eigenvalue weighted by molar-refractivity contribution is -0.117. The number of nitrogens with one attached hydrogen (secondary N) is 2. The summed E-state index contributed by atoms with van der Waals surface area (Å²) in [5.74, 6) is -0.341. The van der Waals surface area contributed by atoms with Crippen LogP contribution in [-0.4, -0.2) is 72.8 Å². The van der Waals surface area contributed by atoms with Crippen molar-refractivity contribution >= 4 is 5.91 Å². The fourth-order valence-corrected chi connectivity index (χ4v) is 5.70. The number of halogens is 1. The summed E-state index contributed by atoms with van der Waals surface area (Å²) < 4.78 is 20.1. The number of amides is 1. The molecule has 0 bridgehead atoms. The Kier molecular flexibility index (Phi) is 9.91. The van der Waals surface area contributed by atoms with Gasteiger partial charge in [-0.25, -0.2) is 4.39 Å². The first-order valence-electron chi connectivity index (χ1n) is 13.2. The van der Waals surface area contributed by atoms with Crippen molar-refractivity contribution in [3.8, 4) is 0 Å². The number of carbonyl (C=O) groups excluding carboxylic acids is 1. The van der Waals surface area contributed by atoms with E-state index >= 15 is 0 Å². The number of nitrogens with zero attached hydrogens (tertiary/aromatic N) is 2. The third-order valence-electron chi connectivity index (χ3n) is 7.80. The van der Waals surface area contributed by atoms with Gasteiger partial charge in [0, 0.05) is 67.8 Å². The molecule has 0 aliphatic heterocycles. The summed E-state index contributed by atoms with van der Waals surface area (Å²) in [6.07, 6.45) is 4.80. The van der Waals surface area contributed by atoms with Gasteiger partial charge in [-0.1, -0.05) is 0 Å². The Morgan fingerprint density at radius 2 is 1.86 bits per heavy atom. The molecule has 1 aromatic heterocycles. The van der Waals surface area contributed by atoms with Gasteiger partial charge in [0.05, 0.1) is 6.61 Å². The van der Waals surface area contributed by atoms with E-state index in [2.05, 4.69) is 34.1 Å². The van der Waals surface area contributed by atoms with Gasteiger partial charge in [-0.2, -0.15) is 0 Å². The van der Waals surface area contributed by atoms with Crippen LogP contribution >= 0.6 is 0 Å². The van der Waals surface area contributed by atoms with Crippen LogP contribution < -0.4 is 10.9 Å². The van der Waals surface area contributed by atoms with Crippen LogP contribution in [0.4, 0.5) is 4.39 Å². The maximum atomic E-state index is 14.9. The summed E-state index contributed by atoms with van der Waals surface area (Å²) in [7, 11) is 3.89. The number of allylic oxidation sites excluding steroid dienone is 2. The van der Waals surface area contributed by atoms with Crippen molar-refractivity contribution < 1.29 is 13.9 Å². The number of H-pyrrole nitrogens is 1. The Balaban J connectivity index is 1.71. The van der Waals surface area contributed by atoms with E-state index in [-0.39, 0.29) is 18.0 Å². The van der Waals surface area contributed by atoms with Gasteiger partial charge in [0.2, 0.25) is 0 Å². The van der Waals surface area contributed by atoms with Gasteiger partial charge in [0.25, 0.3) is 11.5 Å². The highest BCUT2D eigenvalue weighted by molar-refractivity contribution is 5.98. The third-order valence-corrected chi connectivity index (χ3v) is 7.80. The number of likely N-dealkylation sites (N-methyl/N-ethyl adjacent to an activating group) is 1. The maximum absolute atomic E-state index is 14.9. The zero-order chi connectivity index (χ0) is 26.4. The molecular weight excluding hydrogens is 459 g/mol. The number of aryl methyl sites for hydroxylation is 2. The smallest absolute Gasteiger partial charge is 0.253 e. The van der Waals surface area contributed by atoms with E-state index < -0.39 is 6.17 Å². The molecule has 0 aromatic carbocycles. The van der Waals surface area contributed by atoms with Crippen LogP contribution in [0.3, 0.4) is 0 Å². The van der Waals surface area contributed by atoms with E-state index in [1.165, 1.54) is 6.08 Å². The molecule has 1 heterocycles. The summed E-state index contributed by atoms with van der Waals surface area (Å²) in [4.78, 5) is 32.9. The molecule has 200 valence electrons. The highest BCUT2D eigenvalue weighted by atomic mass is 19.1. The van der Waals surface area contributed by atoms with Crippen molar-refractivity contribution in [1.29, 1.82) is 0 Å². The van der Waals surface area contributed by atoms with E-state index in [0.29, 0.717) is 29.6 Å². The van der Waals surface area contributed by atoms with Crippen molar-refractivity contribution in [3.05, 3.63) is 56.2 Å². The first kappa shape index (κ1) is 28.1. The fraction of sp³-hybridized carbons (Fsp3) is 0.643. The second-order valence-corrected chi connectivity index (χ2v) is 10.2. The molecule has 0 saturated heterocycles. The number of carbonyl (C=O) groups is 1. The van der Waals surface area contributed by atoms with Crippen LogP contribution in [0.2, 0.25) is 0 Å². The topological polar surface area (TPSA) is 77.7 Å². The molecule has 1 unspecified atom stereocenters. The van der Waals surface area contributed by atoms with E-state index in [1.807, 2.05) is 26.8 Å². The number of alkyl halides is 1. The molecule has 8 heteroatoms. The predicted molar refractivity (Wildman–Crippen MR) is 142 cm³/mol. The zero-order valence-corrected chi connectivity index (χ0v) is 22.7. The Labute approximate surface area is 214 Å². The van der Waals surface area contributed by atoms with Crippen molar-refractivity contribution in [3.63, 3.8) is 0 Å². The average Bonchev–Trinajstić information content (AvgIpc) is 2.84. The number of pyridine rings is 1. The maximum Gasteiger partial charge on any atom is 0.253 e. The first-order chi connectivity index (χ1) is 17.2. The lowest BCUT2D eigenvalue weighted by atomic mass is 9.87. The molecule has 1 amide bonds. The second kappa shape index (κ2) is 12.7. The Bertz CT molecular complexity index is 1040. The molecule has 3 rings (SSSR count). The van der Waals surface area contributed by atoms with Gasteiger partial charge in [0.15, 0.2) is 0 Å². The van der Waals surface area contributed by atoms with Gasteiger partial charge >= 0.3 is 0 Å². The lowest BCUT2D eigenvalue weighted by Gasteiger charge is -2.42. The van der Waals surface area contributed by atoms with Crippen molar-refractivity contribution in [2.24, 2.45) is 0 Å². The van der Waals surface area contributed by atoms with Gasteiger partial charge in [-0.3, -0.25) is 9.59 Å². The molecule has 1 saturated carbocycles. The normalized spacial score (nSPS) is 22.6. The van der Waals surface area contributed by atoms with Crippen LogP contribution in [0.15, 0.2) is 33.8 Å². The molecule has 1 atom stereocenters. The van der Waals surface area contributed by atoms with E-state index in [1.54, 1.807) is 7.11 Å². The fourth-order valence-electron chi connectivity index (χ4n) is 5.70. The van der Waals surface area contributed by atoms with Gasteiger partial charge in [-0.15, -0.1) is 0 Å². The monoisotopic (exact) mass is 502 g/mol. The van der Waals surface area contributed by atoms with E-state index in [4.69, 9.17) is 4.74 Å². The number of rotatable bonds is 10. The Hall–Kier alpha value is -2.45. The van der Waals surface area contributed by atoms with Gasteiger partial charge in [0.1, 0.15) is 6.17 Å². The second-order valence-electron chi connectivity index (χ2n) is 10.2. The van der Waals surface area contributed by atoms with Gasteiger partial charge in [-0.05, 0) is 83.7 Å². The minimum atomic E-state index is -1.21. The molecule has 1 fully saturated rings. The quantitative estimate of drug-likeness (QED) is 0.510. The number of aromatic nitrogens is 1. The Morgan fingerprint density at radius 1 is 1.19 bits per heavy atom. The number of aromatic amines is 1. The van der Waals surface area contributed by atoms with Crippen LogP contribution in [-0.2, 0) is 16.1 Å². The van der Waals surface area contributed by atoms with E-state index in [0.717, 1.165) is 67.9 Å². The summed E-state index contributed by atoms with van der Waals surface area (Å²) >= 11 is 0. The number of ether oxygens (including phenoxy) is 1. The van der Waals surface area contributed by atoms with Crippen LogP contribution in [0, 0.1) is 13.8 Å². The Morgan fingerprint density at radius 3 is 2.47 bits per heavy atom. The largest absolute Gasteiger partial charge is 0.383 e. The molecule has 2 aliphatic rings. The minimum Gasteiger partial charge on any atom is -0.383 e. The van der Waals surface area contributed by atoms with Gasteiger partial charge < -0.3 is 24.8 Å². The number of hydrogen-bond donors (Lipinski definition) is 2. The summed E-state index contributed by atoms with van der Waals surface area (Å²) in [6.45, 7) is 10.2. The first-order valence-corrected chi connectivity index (χ1v) is 13.2. The molecule has 36 heavy (non-hydrogen) atoms. The van der Waals surface area contributed by atoms with Crippen LogP contribution in [0.5, 0.6) is 0 Å². The highest BCUT2D eigenvalue weighted by Crippen LogP contribution is 2.35. The molecule has 2 aliphatic carbocycles. The van der Waals surface area contributed by atoms with E-state index in [9.17, 15) is 14.0 Å². The lowest BCUT2D eigenvalue weighted by Crippen LogP contribution is -2.44. The van der Waals surface area contributed by atoms with Crippen molar-refractivity contribution in [2.75, 3.05) is 33.9 Å². The summed E-state index contributed by atoms with van der Waals surface area (Å²) in [6, 6.07) is 2.77. The third kappa shape index (κ3) is 6.65. The summed E-state index contributed by atoms with van der Waals surface area (Å²) in [5, 5.41) is 2.85. The summed E-state index contributed by atoms with van der Waals surface area (Å²) in [5.41, 5.74) is 4.05. The number of hydrogen-bond acceptors (Lipinski definition) is 5. The highest BCUT2D eigenvalue weighted by Gasteiger charge is 2.32. The molecule has 0 spiro atoms. The average molecular weight is 503 g/mol. The van der Waals surface area contributed by atoms with Crippen molar-refractivity contribution in [1.82, 2.24) is 20.1 Å². The van der Waals surface area contributed by atoms with Crippen molar-refractivity contribution in [2.45, 2.75) is 84.6 Å². The molecule has 0 radical (unpaired) electrons. The minimum absolute atomic E-state index is 0.106.